The number of hydrogen-bond acceptors (Lipinski definition) is 3. The van der Waals surface area contributed by atoms with E-state index in [9.17, 15) is 0 Å². The molecule has 1 heterocycles. The SMILES string of the molecule is [Cl-].[Cl-].[Cl-].[Cr+3][CH2]c1ccccc1.c1ccc(CC2NCNC(Cc3ccccc3)N2)cc1. The van der Waals surface area contributed by atoms with Crippen molar-refractivity contribution >= 4 is 0 Å². The summed E-state index contributed by atoms with van der Waals surface area (Å²) in [4.78, 5) is 0. The summed E-state index contributed by atoms with van der Waals surface area (Å²) < 4.78 is 0. The first-order valence-electron chi connectivity index (χ1n) is 9.76. The summed E-state index contributed by atoms with van der Waals surface area (Å²) in [7, 11) is 0. The van der Waals surface area contributed by atoms with E-state index < -0.39 is 0 Å². The van der Waals surface area contributed by atoms with E-state index in [1.807, 2.05) is 18.2 Å². The summed E-state index contributed by atoms with van der Waals surface area (Å²) in [5.74, 6) is 0. The van der Waals surface area contributed by atoms with E-state index in [2.05, 4.69) is 105 Å². The van der Waals surface area contributed by atoms with Crippen LogP contribution in [0.4, 0.5) is 0 Å². The van der Waals surface area contributed by atoms with Crippen LogP contribution in [0.2, 0.25) is 0 Å². The van der Waals surface area contributed by atoms with Gasteiger partial charge in [0.15, 0.2) is 0 Å². The fourth-order valence-electron chi connectivity index (χ4n) is 3.20. The minimum Gasteiger partial charge on any atom is -0.289 e. The Morgan fingerprint density at radius 2 is 0.935 bits per heavy atom. The number of hydrogen-bond donors (Lipinski definition) is 3. The molecule has 7 heteroatoms. The van der Waals surface area contributed by atoms with Crippen LogP contribution >= 0.6 is 0 Å². The van der Waals surface area contributed by atoms with Gasteiger partial charge in [-0.3, -0.25) is 16.0 Å². The number of halogens is 3. The first-order valence-corrected chi connectivity index (χ1v) is 10.7. The van der Waals surface area contributed by atoms with Gasteiger partial charge >= 0.3 is 57.5 Å². The minimum absolute atomic E-state index is 0. The van der Waals surface area contributed by atoms with Crippen LogP contribution in [0, 0.1) is 0 Å². The Bertz CT molecular complexity index is 747. The Kier molecular flexibility index (Phi) is 16.9. The first-order chi connectivity index (χ1) is 13.8. The van der Waals surface area contributed by atoms with E-state index in [-0.39, 0.29) is 37.2 Å². The van der Waals surface area contributed by atoms with Gasteiger partial charge in [0, 0.05) is 19.5 Å². The van der Waals surface area contributed by atoms with E-state index in [0.29, 0.717) is 12.3 Å². The van der Waals surface area contributed by atoms with Crippen LogP contribution in [0.15, 0.2) is 91.0 Å². The fraction of sp³-hybridized carbons (Fsp3) is 0.250. The number of benzene rings is 3. The minimum atomic E-state index is 0. The molecule has 2 unspecified atom stereocenters. The molecule has 1 fully saturated rings. The second kappa shape index (κ2) is 17.5. The molecule has 31 heavy (non-hydrogen) atoms. The molecule has 1 aliphatic rings. The summed E-state index contributed by atoms with van der Waals surface area (Å²) in [5, 5.41) is 11.6. The molecular weight excluding hydrogens is 489 g/mol. The molecular formula is C24H28Cl3CrN3. The third-order valence-corrected chi connectivity index (χ3v) is 5.19. The predicted octanol–water partition coefficient (Wildman–Crippen LogP) is -5.39. The van der Waals surface area contributed by atoms with E-state index in [1.54, 1.807) is 0 Å². The molecule has 0 saturated carbocycles. The topological polar surface area (TPSA) is 36.1 Å². The van der Waals surface area contributed by atoms with Crippen molar-refractivity contribution < 1.29 is 53.5 Å². The molecule has 0 bridgehead atoms. The molecule has 0 amide bonds. The maximum absolute atomic E-state index is 3.63. The quantitative estimate of drug-likeness (QED) is 0.317. The van der Waals surface area contributed by atoms with Crippen molar-refractivity contribution in [1.29, 1.82) is 0 Å². The zero-order chi connectivity index (χ0) is 19.4. The maximum Gasteiger partial charge on any atom is 0.0634 e. The van der Waals surface area contributed by atoms with Gasteiger partial charge in [-0.2, -0.15) is 0 Å². The van der Waals surface area contributed by atoms with Gasteiger partial charge in [-0.15, -0.1) is 0 Å². The van der Waals surface area contributed by atoms with Crippen LogP contribution < -0.4 is 53.2 Å². The van der Waals surface area contributed by atoms with Crippen LogP contribution in [0.3, 0.4) is 0 Å². The molecule has 3 aromatic rings. The average Bonchev–Trinajstić information content (AvgIpc) is 2.76. The van der Waals surface area contributed by atoms with Gasteiger partial charge in [0.1, 0.15) is 0 Å². The first kappa shape index (κ1) is 29.9. The summed E-state index contributed by atoms with van der Waals surface area (Å²) in [6, 6.07) is 31.6. The van der Waals surface area contributed by atoms with Gasteiger partial charge in [0.05, 0.1) is 12.3 Å². The van der Waals surface area contributed by atoms with Crippen molar-refractivity contribution in [2.24, 2.45) is 0 Å². The third kappa shape index (κ3) is 11.4. The van der Waals surface area contributed by atoms with Crippen LogP contribution in [0.5, 0.6) is 0 Å². The Morgan fingerprint density at radius 1 is 0.581 bits per heavy atom. The molecule has 4 rings (SSSR count). The molecule has 166 valence electrons. The summed E-state index contributed by atoms with van der Waals surface area (Å²) in [6.45, 7) is 0.849. The maximum atomic E-state index is 3.63. The van der Waals surface area contributed by atoms with Crippen molar-refractivity contribution in [3.05, 3.63) is 108 Å². The monoisotopic (exact) mass is 515 g/mol. The van der Waals surface area contributed by atoms with Crippen LogP contribution in [0.1, 0.15) is 16.7 Å². The molecule has 3 N–H and O–H groups in total. The van der Waals surface area contributed by atoms with E-state index in [0.717, 1.165) is 24.8 Å². The van der Waals surface area contributed by atoms with Gasteiger partial charge in [-0.1, -0.05) is 60.7 Å². The Labute approximate surface area is 213 Å². The predicted molar refractivity (Wildman–Crippen MR) is 112 cm³/mol. The molecule has 0 radical (unpaired) electrons. The molecule has 0 spiro atoms. The normalized spacial score (nSPS) is 16.9. The van der Waals surface area contributed by atoms with Gasteiger partial charge in [-0.05, 0) is 11.1 Å². The van der Waals surface area contributed by atoms with Crippen molar-refractivity contribution in [3.8, 4) is 0 Å². The van der Waals surface area contributed by atoms with Gasteiger partial charge in [0.25, 0.3) is 0 Å². The Morgan fingerprint density at radius 3 is 1.26 bits per heavy atom. The van der Waals surface area contributed by atoms with Crippen LogP contribution in [-0.4, -0.2) is 19.0 Å². The van der Waals surface area contributed by atoms with Crippen molar-refractivity contribution in [2.45, 2.75) is 30.5 Å². The Hall–Kier alpha value is -1.06. The number of nitrogens with one attached hydrogen (secondary N) is 3. The standard InChI is InChI=1S/C17H21N3.C7H7.3ClH.Cr/c1-3-7-14(8-4-1)11-16-18-13-19-17(20-16)12-15-9-5-2-6-10-15;1-7-5-3-2-4-6-7;;;;/h1-10,16-20H,11-13H2;2-6H,1H2;3*1H;/q;;;;;+3/p-3. The molecule has 0 aliphatic carbocycles. The van der Waals surface area contributed by atoms with E-state index in [4.69, 9.17) is 0 Å². The number of rotatable bonds is 5. The van der Waals surface area contributed by atoms with Crippen LogP contribution in [-0.2, 0) is 34.4 Å². The van der Waals surface area contributed by atoms with Crippen molar-refractivity contribution in [3.63, 3.8) is 0 Å². The second-order valence-electron chi connectivity index (χ2n) is 6.87. The van der Waals surface area contributed by atoms with E-state index >= 15 is 0 Å². The molecule has 3 aromatic carbocycles. The third-order valence-electron chi connectivity index (χ3n) is 4.67. The fourth-order valence-corrected chi connectivity index (χ4v) is 3.50. The molecule has 1 saturated heterocycles. The molecule has 1 aliphatic heterocycles. The van der Waals surface area contributed by atoms with Crippen molar-refractivity contribution in [1.82, 2.24) is 16.0 Å². The Balaban J connectivity index is 0.000000704. The van der Waals surface area contributed by atoms with Crippen LogP contribution in [0.25, 0.3) is 0 Å². The molecule has 2 atom stereocenters. The summed E-state index contributed by atoms with van der Waals surface area (Å²) in [6.07, 6.45) is 2.67. The summed E-state index contributed by atoms with van der Waals surface area (Å²) >= 11 is 2.96. The zero-order valence-corrected chi connectivity index (χ0v) is 20.7. The van der Waals surface area contributed by atoms with Gasteiger partial charge in [-0.25, -0.2) is 0 Å². The van der Waals surface area contributed by atoms with Gasteiger partial charge < -0.3 is 37.2 Å². The van der Waals surface area contributed by atoms with Crippen molar-refractivity contribution in [2.75, 3.05) is 6.67 Å². The smallest absolute Gasteiger partial charge is 0.0634 e. The second-order valence-corrected chi connectivity index (χ2v) is 7.32. The summed E-state index contributed by atoms with van der Waals surface area (Å²) in [5.41, 5.74) is 4.07. The molecule has 3 nitrogen and oxygen atoms in total. The molecule has 0 aromatic heterocycles. The zero-order valence-electron chi connectivity index (χ0n) is 17.2. The average molecular weight is 517 g/mol. The van der Waals surface area contributed by atoms with Gasteiger partial charge in [0.2, 0.25) is 0 Å². The van der Waals surface area contributed by atoms with E-state index in [1.165, 1.54) is 16.7 Å². The largest absolute Gasteiger partial charge is 0.289 e.